The first-order valence-electron chi connectivity index (χ1n) is 8.71. The highest BCUT2D eigenvalue weighted by molar-refractivity contribution is 5.40. The van der Waals surface area contributed by atoms with Crippen LogP contribution in [0.5, 0.6) is 5.75 Å². The predicted octanol–water partition coefficient (Wildman–Crippen LogP) is 6.17. The highest BCUT2D eigenvalue weighted by Crippen LogP contribution is 2.28. The van der Waals surface area contributed by atoms with Gasteiger partial charge in [0.1, 0.15) is 5.75 Å². The van der Waals surface area contributed by atoms with Crippen LogP contribution >= 0.6 is 0 Å². The molecule has 1 heterocycles. The zero-order valence-corrected chi connectivity index (χ0v) is 15.4. The summed E-state index contributed by atoms with van der Waals surface area (Å²) in [7, 11) is 0. The molecule has 3 rings (SSSR count). The van der Waals surface area contributed by atoms with Crippen molar-refractivity contribution in [1.29, 1.82) is 0 Å². The maximum absolute atomic E-state index is 5.43. The van der Waals surface area contributed by atoms with Crippen LogP contribution in [-0.2, 0) is 6.42 Å². The molecular formula is C22H30O. The fourth-order valence-electron chi connectivity index (χ4n) is 2.69. The Morgan fingerprint density at radius 2 is 1.39 bits per heavy atom. The van der Waals surface area contributed by atoms with Crippen LogP contribution in [0.2, 0.25) is 0 Å². The summed E-state index contributed by atoms with van der Waals surface area (Å²) in [5, 5.41) is 0. The number of benzene rings is 2. The van der Waals surface area contributed by atoms with Crippen LogP contribution in [0.4, 0.5) is 0 Å². The molecule has 23 heavy (non-hydrogen) atoms. The number of aryl methyl sites for hydroxylation is 2. The molecule has 0 fully saturated rings. The van der Waals surface area contributed by atoms with Crippen molar-refractivity contribution in [1.82, 2.24) is 0 Å². The molecule has 0 aliphatic carbocycles. The van der Waals surface area contributed by atoms with Crippen LogP contribution in [0, 0.1) is 13.8 Å². The molecule has 0 saturated heterocycles. The van der Waals surface area contributed by atoms with E-state index in [0.29, 0.717) is 11.8 Å². The maximum atomic E-state index is 5.43. The van der Waals surface area contributed by atoms with E-state index in [9.17, 15) is 0 Å². The Bertz CT molecular complexity index is 653. The van der Waals surface area contributed by atoms with E-state index in [0.717, 1.165) is 18.8 Å². The van der Waals surface area contributed by atoms with Gasteiger partial charge in [-0.1, -0.05) is 58.0 Å². The van der Waals surface area contributed by atoms with Gasteiger partial charge in [0.05, 0.1) is 6.61 Å². The quantitative estimate of drug-likeness (QED) is 0.644. The highest BCUT2D eigenvalue weighted by atomic mass is 16.5. The molecule has 0 unspecified atom stereocenters. The fraction of sp³-hybridized carbons (Fsp3) is 0.455. The van der Waals surface area contributed by atoms with Gasteiger partial charge in [-0.3, -0.25) is 0 Å². The van der Waals surface area contributed by atoms with Crippen molar-refractivity contribution in [2.75, 3.05) is 6.61 Å². The van der Waals surface area contributed by atoms with Crippen molar-refractivity contribution in [3.63, 3.8) is 0 Å². The Hall–Kier alpha value is -1.76. The smallest absolute Gasteiger partial charge is 0.122 e. The zero-order chi connectivity index (χ0) is 17.0. The first-order valence-corrected chi connectivity index (χ1v) is 8.71. The summed E-state index contributed by atoms with van der Waals surface area (Å²) in [4.78, 5) is 0. The van der Waals surface area contributed by atoms with Gasteiger partial charge < -0.3 is 4.74 Å². The van der Waals surface area contributed by atoms with Crippen LogP contribution in [0.1, 0.15) is 67.3 Å². The molecule has 0 bridgehead atoms. The number of fused-ring (bicyclic) bond motifs is 1. The van der Waals surface area contributed by atoms with Crippen molar-refractivity contribution in [2.45, 2.75) is 59.8 Å². The van der Waals surface area contributed by atoms with Crippen LogP contribution in [0.15, 0.2) is 36.4 Å². The highest BCUT2D eigenvalue weighted by Gasteiger charge is 2.12. The third-order valence-electron chi connectivity index (χ3n) is 4.58. The fourth-order valence-corrected chi connectivity index (χ4v) is 2.69. The summed E-state index contributed by atoms with van der Waals surface area (Å²) in [6.07, 6.45) is 1.08. The SMILES string of the molecule is CC(C)c1ccc2c(c1)CCO2.Cc1ccc(C(C)C)cc1C. The second kappa shape index (κ2) is 7.68. The van der Waals surface area contributed by atoms with Crippen molar-refractivity contribution in [2.24, 2.45) is 0 Å². The molecule has 0 amide bonds. The van der Waals surface area contributed by atoms with Crippen LogP contribution in [0.3, 0.4) is 0 Å². The number of ether oxygens (including phenoxy) is 1. The first-order chi connectivity index (χ1) is 10.9. The topological polar surface area (TPSA) is 9.23 Å². The van der Waals surface area contributed by atoms with Gasteiger partial charge in [-0.05, 0) is 59.6 Å². The molecule has 1 aliphatic heterocycles. The minimum absolute atomic E-state index is 0.621. The van der Waals surface area contributed by atoms with E-state index in [4.69, 9.17) is 4.74 Å². The van der Waals surface area contributed by atoms with E-state index in [1.807, 2.05) is 0 Å². The molecule has 1 aliphatic rings. The van der Waals surface area contributed by atoms with E-state index in [1.54, 1.807) is 0 Å². The van der Waals surface area contributed by atoms with Crippen molar-refractivity contribution >= 4 is 0 Å². The average molecular weight is 310 g/mol. The van der Waals surface area contributed by atoms with Crippen LogP contribution in [0.25, 0.3) is 0 Å². The minimum atomic E-state index is 0.621. The van der Waals surface area contributed by atoms with E-state index in [-0.39, 0.29) is 0 Å². The Kier molecular flexibility index (Phi) is 5.87. The van der Waals surface area contributed by atoms with Gasteiger partial charge in [0.25, 0.3) is 0 Å². The van der Waals surface area contributed by atoms with Gasteiger partial charge in [0.15, 0.2) is 0 Å². The molecule has 0 saturated carbocycles. The van der Waals surface area contributed by atoms with Crippen LogP contribution < -0.4 is 4.74 Å². The molecule has 0 N–H and O–H groups in total. The van der Waals surface area contributed by atoms with Crippen molar-refractivity contribution in [3.05, 3.63) is 64.2 Å². The standard InChI is InChI=1S/C11H14O.C11H16/c1-8(2)9-3-4-11-10(7-9)5-6-12-11;1-8(2)11-6-5-9(3)10(4)7-11/h3-4,7-8H,5-6H2,1-2H3;5-8H,1-4H3. The third-order valence-corrected chi connectivity index (χ3v) is 4.58. The summed E-state index contributed by atoms with van der Waals surface area (Å²) >= 11 is 0. The molecule has 1 nitrogen and oxygen atoms in total. The predicted molar refractivity (Wildman–Crippen MR) is 99.7 cm³/mol. The molecular weight excluding hydrogens is 280 g/mol. The molecule has 124 valence electrons. The van der Waals surface area contributed by atoms with Gasteiger partial charge in [-0.2, -0.15) is 0 Å². The molecule has 0 spiro atoms. The van der Waals surface area contributed by atoms with Crippen molar-refractivity contribution < 1.29 is 4.74 Å². The Morgan fingerprint density at radius 1 is 0.783 bits per heavy atom. The summed E-state index contributed by atoms with van der Waals surface area (Å²) in [6.45, 7) is 14.1. The monoisotopic (exact) mass is 310 g/mol. The number of rotatable bonds is 2. The van der Waals surface area contributed by atoms with Gasteiger partial charge in [-0.25, -0.2) is 0 Å². The number of hydrogen-bond donors (Lipinski definition) is 0. The zero-order valence-electron chi connectivity index (χ0n) is 15.4. The molecule has 0 aromatic heterocycles. The molecule has 1 heteroatoms. The second-order valence-corrected chi connectivity index (χ2v) is 7.12. The van der Waals surface area contributed by atoms with Gasteiger partial charge in [-0.15, -0.1) is 0 Å². The largest absolute Gasteiger partial charge is 0.493 e. The maximum Gasteiger partial charge on any atom is 0.122 e. The summed E-state index contributed by atoms with van der Waals surface area (Å²) < 4.78 is 5.43. The number of hydrogen-bond acceptors (Lipinski definition) is 1. The van der Waals surface area contributed by atoms with E-state index < -0.39 is 0 Å². The summed E-state index contributed by atoms with van der Waals surface area (Å²) in [5.41, 5.74) is 7.01. The normalized spacial score (nSPS) is 12.7. The third kappa shape index (κ3) is 4.60. The van der Waals surface area contributed by atoms with Crippen molar-refractivity contribution in [3.8, 4) is 5.75 Å². The van der Waals surface area contributed by atoms with Gasteiger partial charge >= 0.3 is 0 Å². The molecule has 2 aromatic carbocycles. The summed E-state index contributed by atoms with van der Waals surface area (Å²) in [5.74, 6) is 2.35. The van der Waals surface area contributed by atoms with Gasteiger partial charge in [0, 0.05) is 6.42 Å². The second-order valence-electron chi connectivity index (χ2n) is 7.12. The lowest BCUT2D eigenvalue weighted by molar-refractivity contribution is 0.357. The van der Waals surface area contributed by atoms with E-state index >= 15 is 0 Å². The van der Waals surface area contributed by atoms with E-state index in [2.05, 4.69) is 77.9 Å². The Morgan fingerprint density at radius 3 is 2.00 bits per heavy atom. The Balaban J connectivity index is 0.000000168. The lowest BCUT2D eigenvalue weighted by atomic mass is 9.99. The summed E-state index contributed by atoms with van der Waals surface area (Å²) in [6, 6.07) is 13.2. The lowest BCUT2D eigenvalue weighted by Crippen LogP contribution is -1.89. The Labute approximate surface area is 141 Å². The van der Waals surface area contributed by atoms with Gasteiger partial charge in [0.2, 0.25) is 0 Å². The van der Waals surface area contributed by atoms with E-state index in [1.165, 1.54) is 27.8 Å². The lowest BCUT2D eigenvalue weighted by Gasteiger charge is -2.07. The first kappa shape index (κ1) is 17.6. The molecule has 0 radical (unpaired) electrons. The minimum Gasteiger partial charge on any atom is -0.493 e. The molecule has 0 atom stereocenters. The average Bonchev–Trinajstić information content (AvgIpc) is 2.97. The molecule has 2 aromatic rings. The van der Waals surface area contributed by atoms with Crippen LogP contribution in [-0.4, -0.2) is 6.61 Å².